The number of aromatic nitrogens is 2. The van der Waals surface area contributed by atoms with Crippen molar-refractivity contribution in [3.63, 3.8) is 0 Å². The van der Waals surface area contributed by atoms with Crippen LogP contribution in [0.4, 0.5) is 0 Å². The Morgan fingerprint density at radius 1 is 1.15 bits per heavy atom. The fourth-order valence-corrected chi connectivity index (χ4v) is 4.82. The van der Waals surface area contributed by atoms with Crippen molar-refractivity contribution >= 4 is 10.0 Å². The lowest BCUT2D eigenvalue weighted by molar-refractivity contribution is 0.301. The lowest BCUT2D eigenvalue weighted by atomic mass is 9.91. The van der Waals surface area contributed by atoms with Crippen molar-refractivity contribution in [3.05, 3.63) is 36.0 Å². The van der Waals surface area contributed by atoms with Crippen LogP contribution in [0.5, 0.6) is 5.75 Å². The average Bonchev–Trinajstić information content (AvgIpc) is 2.92. The first-order valence-corrected chi connectivity index (χ1v) is 10.5. The molecule has 26 heavy (non-hydrogen) atoms. The molecule has 1 aromatic heterocycles. The van der Waals surface area contributed by atoms with E-state index in [0.29, 0.717) is 36.9 Å². The summed E-state index contributed by atoms with van der Waals surface area (Å²) < 4.78 is 39.5. The zero-order chi connectivity index (χ0) is 18.6. The van der Waals surface area contributed by atoms with Crippen LogP contribution in [-0.2, 0) is 15.6 Å². The Balaban J connectivity index is 1.92. The van der Waals surface area contributed by atoms with Crippen LogP contribution in [0.25, 0.3) is 0 Å². The Morgan fingerprint density at radius 2 is 1.81 bits per heavy atom. The fraction of sp³-hybridized carbons (Fsp3) is 0.556. The summed E-state index contributed by atoms with van der Waals surface area (Å²) in [6.45, 7) is 4.13. The van der Waals surface area contributed by atoms with Crippen molar-refractivity contribution < 1.29 is 17.7 Å². The van der Waals surface area contributed by atoms with Gasteiger partial charge in [0.05, 0.1) is 17.0 Å². The summed E-state index contributed by atoms with van der Waals surface area (Å²) in [4.78, 5) is 4.54. The van der Waals surface area contributed by atoms with Crippen LogP contribution >= 0.6 is 0 Å². The van der Waals surface area contributed by atoms with Gasteiger partial charge in [-0.1, -0.05) is 30.8 Å². The summed E-state index contributed by atoms with van der Waals surface area (Å²) in [6, 6.07) is 6.44. The van der Waals surface area contributed by atoms with E-state index in [2.05, 4.69) is 14.9 Å². The number of sulfonamides is 1. The number of nitrogens with zero attached hydrogens (tertiary/aromatic N) is 2. The number of aryl methyl sites for hydroxylation is 1. The van der Waals surface area contributed by atoms with Crippen molar-refractivity contribution in [2.45, 2.75) is 62.8 Å². The van der Waals surface area contributed by atoms with Crippen LogP contribution in [0.3, 0.4) is 0 Å². The Bertz CT molecular complexity index is 822. The molecule has 1 heterocycles. The minimum absolute atomic E-state index is 0.199. The van der Waals surface area contributed by atoms with E-state index in [9.17, 15) is 8.42 Å². The van der Waals surface area contributed by atoms with Crippen LogP contribution in [-0.4, -0.2) is 25.2 Å². The summed E-state index contributed by atoms with van der Waals surface area (Å²) in [6.07, 6.45) is 5.29. The topological polar surface area (TPSA) is 94.3 Å². The molecule has 1 fully saturated rings. The molecule has 0 spiro atoms. The van der Waals surface area contributed by atoms with Crippen molar-refractivity contribution in [3.8, 4) is 5.75 Å². The normalized spacial score (nSPS) is 17.6. The monoisotopic (exact) mass is 379 g/mol. The summed E-state index contributed by atoms with van der Waals surface area (Å²) in [5.74, 6) is 1.50. The van der Waals surface area contributed by atoms with Gasteiger partial charge in [-0.15, -0.1) is 0 Å². The Morgan fingerprint density at radius 3 is 2.35 bits per heavy atom. The van der Waals surface area contributed by atoms with Crippen molar-refractivity contribution in [1.82, 2.24) is 14.9 Å². The molecule has 1 N–H and O–H groups in total. The molecular formula is C18H25N3O4S. The van der Waals surface area contributed by atoms with Gasteiger partial charge >= 0.3 is 0 Å². The van der Waals surface area contributed by atoms with Gasteiger partial charge in [0.25, 0.3) is 0 Å². The first kappa shape index (κ1) is 18.8. The molecule has 0 atom stereocenters. The Kier molecular flexibility index (Phi) is 5.62. The van der Waals surface area contributed by atoms with Gasteiger partial charge in [-0.05, 0) is 44.0 Å². The molecule has 0 aliphatic heterocycles. The van der Waals surface area contributed by atoms with E-state index in [4.69, 9.17) is 9.26 Å². The summed E-state index contributed by atoms with van der Waals surface area (Å²) in [5.41, 5.74) is -0.828. The molecule has 8 heteroatoms. The predicted molar refractivity (Wildman–Crippen MR) is 96.3 cm³/mol. The SMILES string of the molecule is CCOc1ccc(S(=O)(=O)NC2(c3noc(C)n3)CCCCCC2)cc1. The highest BCUT2D eigenvalue weighted by atomic mass is 32.2. The lowest BCUT2D eigenvalue weighted by Gasteiger charge is -2.30. The molecule has 142 valence electrons. The van der Waals surface area contributed by atoms with E-state index in [-0.39, 0.29) is 4.90 Å². The van der Waals surface area contributed by atoms with Crippen LogP contribution in [0, 0.1) is 6.92 Å². The van der Waals surface area contributed by atoms with Crippen LogP contribution in [0.1, 0.15) is 57.2 Å². The number of rotatable bonds is 6. The Labute approximate surface area is 154 Å². The van der Waals surface area contributed by atoms with Crippen LogP contribution in [0.2, 0.25) is 0 Å². The van der Waals surface area contributed by atoms with Gasteiger partial charge in [0.1, 0.15) is 5.75 Å². The predicted octanol–water partition coefficient (Wildman–Crippen LogP) is 3.30. The molecule has 7 nitrogen and oxygen atoms in total. The molecule has 1 saturated carbocycles. The summed E-state index contributed by atoms with van der Waals surface area (Å²) >= 11 is 0. The molecule has 0 radical (unpaired) electrons. The molecule has 1 aromatic carbocycles. The third kappa shape index (κ3) is 4.07. The van der Waals surface area contributed by atoms with E-state index in [1.165, 1.54) is 0 Å². The van der Waals surface area contributed by atoms with E-state index in [1.54, 1.807) is 31.2 Å². The highest BCUT2D eigenvalue weighted by molar-refractivity contribution is 7.89. The summed E-state index contributed by atoms with van der Waals surface area (Å²) in [7, 11) is -3.73. The van der Waals surface area contributed by atoms with Gasteiger partial charge in [-0.2, -0.15) is 9.71 Å². The first-order valence-electron chi connectivity index (χ1n) is 9.03. The molecule has 0 saturated heterocycles. The van der Waals surface area contributed by atoms with Crippen molar-refractivity contribution in [2.24, 2.45) is 0 Å². The van der Waals surface area contributed by atoms with Crippen molar-refractivity contribution in [2.75, 3.05) is 6.61 Å². The molecule has 1 aliphatic carbocycles. The second-order valence-corrected chi connectivity index (χ2v) is 8.33. The molecule has 1 aliphatic rings. The third-order valence-corrected chi connectivity index (χ3v) is 6.24. The number of ether oxygens (including phenoxy) is 1. The number of hydrogen-bond donors (Lipinski definition) is 1. The zero-order valence-corrected chi connectivity index (χ0v) is 16.0. The number of benzene rings is 1. The largest absolute Gasteiger partial charge is 0.494 e. The van der Waals surface area contributed by atoms with Gasteiger partial charge in [0.2, 0.25) is 15.9 Å². The maximum atomic E-state index is 13.0. The van der Waals surface area contributed by atoms with Gasteiger partial charge in [-0.3, -0.25) is 0 Å². The Hall–Kier alpha value is -1.93. The average molecular weight is 379 g/mol. The molecule has 0 unspecified atom stereocenters. The van der Waals surface area contributed by atoms with Crippen LogP contribution < -0.4 is 9.46 Å². The second-order valence-electron chi connectivity index (χ2n) is 6.64. The van der Waals surface area contributed by atoms with E-state index in [1.807, 2.05) is 6.92 Å². The highest BCUT2D eigenvalue weighted by Gasteiger charge is 2.41. The standard InChI is InChI=1S/C18H25N3O4S/c1-3-24-15-8-10-16(11-9-15)26(22,23)21-18(12-6-4-5-7-13-18)17-19-14(2)25-20-17/h8-11,21H,3-7,12-13H2,1-2H3. The smallest absolute Gasteiger partial charge is 0.241 e. The van der Waals surface area contributed by atoms with Gasteiger partial charge in [0.15, 0.2) is 5.82 Å². The fourth-order valence-electron chi connectivity index (χ4n) is 3.39. The van der Waals surface area contributed by atoms with Gasteiger partial charge < -0.3 is 9.26 Å². The summed E-state index contributed by atoms with van der Waals surface area (Å²) in [5, 5.41) is 4.04. The molecule has 0 amide bonds. The lowest BCUT2D eigenvalue weighted by Crippen LogP contribution is -2.46. The van der Waals surface area contributed by atoms with Crippen LogP contribution in [0.15, 0.2) is 33.7 Å². The quantitative estimate of drug-likeness (QED) is 0.774. The van der Waals surface area contributed by atoms with E-state index < -0.39 is 15.6 Å². The first-order chi connectivity index (χ1) is 12.5. The van der Waals surface area contributed by atoms with Crippen molar-refractivity contribution in [1.29, 1.82) is 0 Å². The maximum Gasteiger partial charge on any atom is 0.241 e. The highest BCUT2D eigenvalue weighted by Crippen LogP contribution is 2.36. The molecular weight excluding hydrogens is 354 g/mol. The number of nitrogens with one attached hydrogen (secondary N) is 1. The molecule has 3 rings (SSSR count). The van der Waals surface area contributed by atoms with Gasteiger partial charge in [0, 0.05) is 6.92 Å². The molecule has 0 bridgehead atoms. The van der Waals surface area contributed by atoms with Gasteiger partial charge in [-0.25, -0.2) is 8.42 Å². The van der Waals surface area contributed by atoms with E-state index in [0.717, 1.165) is 25.7 Å². The third-order valence-electron chi connectivity index (χ3n) is 4.69. The zero-order valence-electron chi connectivity index (χ0n) is 15.2. The minimum Gasteiger partial charge on any atom is -0.494 e. The molecule has 2 aromatic rings. The maximum absolute atomic E-state index is 13.0. The number of hydrogen-bond acceptors (Lipinski definition) is 6. The minimum atomic E-state index is -3.73. The van der Waals surface area contributed by atoms with E-state index >= 15 is 0 Å². The second kappa shape index (κ2) is 7.75.